The number of rotatable bonds is 4. The normalized spacial score (nSPS) is 24.4. The average Bonchev–Trinajstić information content (AvgIpc) is 2.40. The molecule has 2 unspecified atom stereocenters. The molecule has 1 aromatic rings. The van der Waals surface area contributed by atoms with Crippen LogP contribution in [0.25, 0.3) is 0 Å². The van der Waals surface area contributed by atoms with Gasteiger partial charge in [-0.05, 0) is 25.8 Å². The van der Waals surface area contributed by atoms with Gasteiger partial charge < -0.3 is 10.2 Å². The Kier molecular flexibility index (Phi) is 4.68. The fraction of sp³-hybridized carbons (Fsp3) is 0.692. The van der Waals surface area contributed by atoms with Crippen LogP contribution in [0, 0.1) is 12.8 Å². The van der Waals surface area contributed by atoms with Crippen molar-refractivity contribution in [1.29, 1.82) is 0 Å². The minimum Gasteiger partial charge on any atom is -0.380 e. The summed E-state index contributed by atoms with van der Waals surface area (Å²) in [6.07, 6.45) is 1.44. The molecule has 0 saturated carbocycles. The van der Waals surface area contributed by atoms with Crippen LogP contribution in [0.3, 0.4) is 0 Å². The number of nitrogens with one attached hydrogen (secondary N) is 1. The van der Waals surface area contributed by atoms with E-state index in [0.29, 0.717) is 17.8 Å². The van der Waals surface area contributed by atoms with Crippen LogP contribution in [0.5, 0.6) is 0 Å². The molecule has 1 fully saturated rings. The van der Waals surface area contributed by atoms with Gasteiger partial charge in [-0.25, -0.2) is 15.8 Å². The first kappa shape index (κ1) is 14.2. The van der Waals surface area contributed by atoms with E-state index in [1.165, 1.54) is 0 Å². The van der Waals surface area contributed by atoms with Gasteiger partial charge in [0, 0.05) is 25.4 Å². The van der Waals surface area contributed by atoms with E-state index in [2.05, 4.69) is 27.2 Å². The van der Waals surface area contributed by atoms with Crippen LogP contribution in [-0.2, 0) is 11.3 Å². The van der Waals surface area contributed by atoms with Crippen molar-refractivity contribution in [3.05, 3.63) is 17.6 Å². The molecule has 0 radical (unpaired) electrons. The van der Waals surface area contributed by atoms with E-state index in [1.54, 1.807) is 7.11 Å². The van der Waals surface area contributed by atoms with E-state index in [4.69, 9.17) is 10.6 Å². The number of nitrogen functional groups attached to an aromatic ring is 1. The van der Waals surface area contributed by atoms with Crippen LogP contribution >= 0.6 is 0 Å². The van der Waals surface area contributed by atoms with E-state index in [1.807, 2.05) is 13.0 Å². The number of nitrogens with zero attached hydrogens (tertiary/aromatic N) is 3. The molecule has 19 heavy (non-hydrogen) atoms. The van der Waals surface area contributed by atoms with Gasteiger partial charge >= 0.3 is 0 Å². The third-order valence-electron chi connectivity index (χ3n) is 3.69. The molecule has 0 bridgehead atoms. The van der Waals surface area contributed by atoms with Crippen molar-refractivity contribution in [2.75, 3.05) is 25.6 Å². The Morgan fingerprint density at radius 3 is 3.00 bits per heavy atom. The Labute approximate surface area is 114 Å². The number of anilines is 1. The van der Waals surface area contributed by atoms with Gasteiger partial charge in [0.2, 0.25) is 0 Å². The molecule has 2 atom stereocenters. The second-order valence-electron chi connectivity index (χ2n) is 5.23. The fourth-order valence-electron chi connectivity index (χ4n) is 2.52. The van der Waals surface area contributed by atoms with E-state index in [-0.39, 0.29) is 0 Å². The van der Waals surface area contributed by atoms with Gasteiger partial charge in [-0.15, -0.1) is 0 Å². The molecule has 0 amide bonds. The number of hydrogen-bond acceptors (Lipinski definition) is 6. The lowest BCUT2D eigenvalue weighted by Crippen LogP contribution is -2.43. The first-order chi connectivity index (χ1) is 9.12. The molecule has 3 N–H and O–H groups in total. The topological polar surface area (TPSA) is 76.3 Å². The predicted octanol–water partition coefficient (Wildman–Crippen LogP) is 0.927. The summed E-state index contributed by atoms with van der Waals surface area (Å²) in [5.74, 6) is 7.49. The second-order valence-corrected chi connectivity index (χ2v) is 5.23. The Bertz CT molecular complexity index is 425. The van der Waals surface area contributed by atoms with Gasteiger partial charge in [0.1, 0.15) is 11.6 Å². The summed E-state index contributed by atoms with van der Waals surface area (Å²) in [4.78, 5) is 11.2. The number of methoxy groups -OCH3 is 1. The maximum atomic E-state index is 5.53. The molecule has 1 saturated heterocycles. The third-order valence-corrected chi connectivity index (χ3v) is 3.69. The van der Waals surface area contributed by atoms with E-state index in [9.17, 15) is 0 Å². The van der Waals surface area contributed by atoms with Crippen molar-refractivity contribution in [1.82, 2.24) is 14.9 Å². The first-order valence-corrected chi connectivity index (χ1v) is 6.68. The number of nitrogens with two attached hydrogens (primary N) is 1. The van der Waals surface area contributed by atoms with E-state index < -0.39 is 0 Å². The summed E-state index contributed by atoms with van der Waals surface area (Å²) in [5.41, 5.74) is 3.50. The molecule has 0 aromatic carbocycles. The smallest absolute Gasteiger partial charge is 0.145 e. The average molecular weight is 265 g/mol. The van der Waals surface area contributed by atoms with Crippen molar-refractivity contribution in [3.8, 4) is 0 Å². The minimum absolute atomic E-state index is 0.297. The number of hydrogen-bond donors (Lipinski definition) is 2. The highest BCUT2D eigenvalue weighted by atomic mass is 16.5. The number of aromatic nitrogens is 2. The van der Waals surface area contributed by atoms with Crippen LogP contribution in [-0.4, -0.2) is 41.2 Å². The summed E-state index contributed by atoms with van der Waals surface area (Å²) in [6.45, 7) is 6.92. The highest BCUT2D eigenvalue weighted by molar-refractivity contribution is 5.33. The van der Waals surface area contributed by atoms with Crippen molar-refractivity contribution < 1.29 is 4.74 Å². The fourth-order valence-corrected chi connectivity index (χ4v) is 2.52. The number of piperidine rings is 1. The number of ether oxygens (including phenoxy) is 1. The van der Waals surface area contributed by atoms with Gasteiger partial charge in [-0.1, -0.05) is 6.92 Å². The maximum absolute atomic E-state index is 5.53. The van der Waals surface area contributed by atoms with Crippen LogP contribution in [0.15, 0.2) is 6.07 Å². The molecular weight excluding hydrogens is 242 g/mol. The summed E-state index contributed by atoms with van der Waals surface area (Å²) < 4.78 is 5.53. The zero-order valence-corrected chi connectivity index (χ0v) is 11.9. The third kappa shape index (κ3) is 3.62. The number of hydrazine groups is 1. The quantitative estimate of drug-likeness (QED) is 0.623. The zero-order chi connectivity index (χ0) is 13.8. The molecule has 6 nitrogen and oxygen atoms in total. The van der Waals surface area contributed by atoms with Crippen molar-refractivity contribution in [2.45, 2.75) is 32.9 Å². The molecule has 2 heterocycles. The van der Waals surface area contributed by atoms with E-state index >= 15 is 0 Å². The second kappa shape index (κ2) is 6.27. The number of aryl methyl sites for hydroxylation is 1. The molecule has 1 aromatic heterocycles. The molecule has 106 valence electrons. The Hall–Kier alpha value is -1.24. The van der Waals surface area contributed by atoms with Crippen molar-refractivity contribution >= 4 is 5.82 Å². The molecule has 6 heteroatoms. The standard InChI is InChI=1S/C13H23N5O/c1-9-4-5-18(7-11(9)19-3)8-13-15-10(2)6-12(16-13)17-14/h6,9,11H,4-5,7-8,14H2,1-3H3,(H,15,16,17). The predicted molar refractivity (Wildman–Crippen MR) is 74.4 cm³/mol. The lowest BCUT2D eigenvalue weighted by atomic mass is 9.96. The molecule has 1 aliphatic rings. The Balaban J connectivity index is 2.03. The van der Waals surface area contributed by atoms with Crippen LogP contribution in [0.2, 0.25) is 0 Å². The zero-order valence-electron chi connectivity index (χ0n) is 11.9. The molecule has 0 spiro atoms. The van der Waals surface area contributed by atoms with Crippen LogP contribution in [0.4, 0.5) is 5.82 Å². The molecule has 0 aliphatic carbocycles. The highest BCUT2D eigenvalue weighted by Gasteiger charge is 2.26. The van der Waals surface area contributed by atoms with Gasteiger partial charge in [0.15, 0.2) is 0 Å². The van der Waals surface area contributed by atoms with Crippen LogP contribution in [0.1, 0.15) is 24.9 Å². The molecular formula is C13H23N5O. The Morgan fingerprint density at radius 1 is 1.53 bits per heavy atom. The molecule has 1 aliphatic heterocycles. The summed E-state index contributed by atoms with van der Waals surface area (Å²) in [6, 6.07) is 1.83. The summed E-state index contributed by atoms with van der Waals surface area (Å²) in [5, 5.41) is 0. The summed E-state index contributed by atoms with van der Waals surface area (Å²) in [7, 11) is 1.78. The SMILES string of the molecule is COC1CN(Cc2nc(C)cc(NN)n2)CCC1C. The largest absolute Gasteiger partial charge is 0.380 e. The van der Waals surface area contributed by atoms with Crippen molar-refractivity contribution in [2.24, 2.45) is 11.8 Å². The van der Waals surface area contributed by atoms with Gasteiger partial charge in [-0.2, -0.15) is 0 Å². The monoisotopic (exact) mass is 265 g/mol. The highest BCUT2D eigenvalue weighted by Crippen LogP contribution is 2.20. The number of likely N-dealkylation sites (tertiary alicyclic amines) is 1. The van der Waals surface area contributed by atoms with Gasteiger partial charge in [-0.3, -0.25) is 4.90 Å². The maximum Gasteiger partial charge on any atom is 0.145 e. The summed E-state index contributed by atoms with van der Waals surface area (Å²) >= 11 is 0. The molecule has 2 rings (SSSR count). The Morgan fingerprint density at radius 2 is 2.32 bits per heavy atom. The lowest BCUT2D eigenvalue weighted by molar-refractivity contribution is -0.00816. The van der Waals surface area contributed by atoms with Crippen molar-refractivity contribution in [3.63, 3.8) is 0 Å². The van der Waals surface area contributed by atoms with E-state index in [0.717, 1.165) is 37.6 Å². The lowest BCUT2D eigenvalue weighted by Gasteiger charge is -2.35. The van der Waals surface area contributed by atoms with Crippen LogP contribution < -0.4 is 11.3 Å². The van der Waals surface area contributed by atoms with Gasteiger partial charge in [0.05, 0.1) is 12.6 Å². The minimum atomic E-state index is 0.297. The van der Waals surface area contributed by atoms with Gasteiger partial charge in [0.25, 0.3) is 0 Å². The first-order valence-electron chi connectivity index (χ1n) is 6.68.